The van der Waals surface area contributed by atoms with E-state index in [2.05, 4.69) is 5.32 Å². The minimum absolute atomic E-state index is 0.142. The average molecular weight is 282 g/mol. The first-order valence-electron chi connectivity index (χ1n) is 6.45. The molecular weight excluding hydrogens is 264 g/mol. The summed E-state index contributed by atoms with van der Waals surface area (Å²) >= 11 is 1.51. The van der Waals surface area contributed by atoms with Crippen molar-refractivity contribution in [2.24, 2.45) is 5.73 Å². The number of hydrogen-bond acceptors (Lipinski definition) is 4. The second kappa shape index (κ2) is 6.16. The van der Waals surface area contributed by atoms with E-state index < -0.39 is 12.0 Å². The Balaban J connectivity index is 1.98. The zero-order valence-corrected chi connectivity index (χ0v) is 11.5. The molecule has 0 aliphatic heterocycles. The number of nitrogens with two attached hydrogens (primary N) is 1. The standard InChI is InChI=1S/C13H18N2O3S/c14-12(17)9(16)7-15-13(18)11-6-8-4-2-1-3-5-10(8)19-11/h6,9,16H,1-5,7H2,(H2,14,17)(H,15,18). The molecule has 0 radical (unpaired) electrons. The van der Waals surface area contributed by atoms with Crippen LogP contribution in [-0.4, -0.2) is 29.6 Å². The first-order valence-corrected chi connectivity index (χ1v) is 7.26. The van der Waals surface area contributed by atoms with Crippen LogP contribution in [0, 0.1) is 0 Å². The van der Waals surface area contributed by atoms with Gasteiger partial charge in [-0.2, -0.15) is 0 Å². The van der Waals surface area contributed by atoms with E-state index in [1.807, 2.05) is 6.07 Å². The van der Waals surface area contributed by atoms with Gasteiger partial charge in [-0.3, -0.25) is 9.59 Å². The number of aliphatic hydroxyl groups is 1. The van der Waals surface area contributed by atoms with Crippen LogP contribution in [0.5, 0.6) is 0 Å². The van der Waals surface area contributed by atoms with Gasteiger partial charge >= 0.3 is 0 Å². The van der Waals surface area contributed by atoms with Gasteiger partial charge in [0.25, 0.3) is 5.91 Å². The molecule has 1 aromatic rings. The molecule has 0 bridgehead atoms. The van der Waals surface area contributed by atoms with Gasteiger partial charge in [-0.05, 0) is 37.3 Å². The maximum absolute atomic E-state index is 11.9. The molecule has 0 spiro atoms. The van der Waals surface area contributed by atoms with Crippen molar-refractivity contribution in [2.45, 2.75) is 38.2 Å². The van der Waals surface area contributed by atoms with E-state index in [0.29, 0.717) is 4.88 Å². The summed E-state index contributed by atoms with van der Waals surface area (Å²) < 4.78 is 0. The molecule has 2 rings (SSSR count). The van der Waals surface area contributed by atoms with Crippen molar-refractivity contribution in [3.05, 3.63) is 21.4 Å². The van der Waals surface area contributed by atoms with Crippen LogP contribution >= 0.6 is 11.3 Å². The second-order valence-corrected chi connectivity index (χ2v) is 5.88. The summed E-state index contributed by atoms with van der Waals surface area (Å²) in [6, 6.07) is 1.93. The Labute approximate surface area is 115 Å². The Hall–Kier alpha value is -1.40. The summed E-state index contributed by atoms with van der Waals surface area (Å²) in [4.78, 5) is 24.5. The summed E-state index contributed by atoms with van der Waals surface area (Å²) in [5.41, 5.74) is 6.19. The first-order chi connectivity index (χ1) is 9.08. The lowest BCUT2D eigenvalue weighted by Crippen LogP contribution is -2.39. The molecule has 6 heteroatoms. The zero-order valence-electron chi connectivity index (χ0n) is 10.6. The largest absolute Gasteiger partial charge is 0.381 e. The summed E-state index contributed by atoms with van der Waals surface area (Å²) in [6.07, 6.45) is 4.33. The Morgan fingerprint density at radius 1 is 1.37 bits per heavy atom. The Bertz CT molecular complexity index is 461. The number of aliphatic hydroxyl groups excluding tert-OH is 1. The number of nitrogens with one attached hydrogen (secondary N) is 1. The van der Waals surface area contributed by atoms with Gasteiger partial charge in [0, 0.05) is 4.88 Å². The molecule has 5 nitrogen and oxygen atoms in total. The van der Waals surface area contributed by atoms with E-state index in [1.165, 1.54) is 41.0 Å². The fraction of sp³-hybridized carbons (Fsp3) is 0.538. The molecule has 2 amide bonds. The van der Waals surface area contributed by atoms with Gasteiger partial charge in [-0.1, -0.05) is 6.42 Å². The molecule has 1 aromatic heterocycles. The molecule has 1 unspecified atom stereocenters. The Morgan fingerprint density at radius 2 is 2.11 bits per heavy atom. The molecule has 1 atom stereocenters. The molecule has 104 valence electrons. The van der Waals surface area contributed by atoms with Gasteiger partial charge in [-0.15, -0.1) is 11.3 Å². The van der Waals surface area contributed by atoms with Gasteiger partial charge in [0.05, 0.1) is 11.4 Å². The van der Waals surface area contributed by atoms with Gasteiger partial charge in [0.2, 0.25) is 5.91 Å². The molecule has 0 fully saturated rings. The highest BCUT2D eigenvalue weighted by Crippen LogP contribution is 2.28. The number of carbonyl (C=O) groups is 2. The second-order valence-electron chi connectivity index (χ2n) is 4.75. The number of carbonyl (C=O) groups excluding carboxylic acids is 2. The van der Waals surface area contributed by atoms with Crippen LogP contribution in [0.25, 0.3) is 0 Å². The Morgan fingerprint density at radius 3 is 2.84 bits per heavy atom. The van der Waals surface area contributed by atoms with Crippen LogP contribution in [0.4, 0.5) is 0 Å². The predicted molar refractivity (Wildman–Crippen MR) is 73.1 cm³/mol. The normalized spacial score (nSPS) is 16.3. The van der Waals surface area contributed by atoms with Gasteiger partial charge in [0.1, 0.15) is 6.10 Å². The van der Waals surface area contributed by atoms with Crippen molar-refractivity contribution in [3.63, 3.8) is 0 Å². The van der Waals surface area contributed by atoms with E-state index in [-0.39, 0.29) is 12.5 Å². The average Bonchev–Trinajstić information content (AvgIpc) is 2.67. The van der Waals surface area contributed by atoms with Crippen molar-refractivity contribution in [2.75, 3.05) is 6.54 Å². The third-order valence-electron chi connectivity index (χ3n) is 3.25. The molecule has 1 heterocycles. The van der Waals surface area contributed by atoms with E-state index >= 15 is 0 Å². The van der Waals surface area contributed by atoms with Crippen molar-refractivity contribution in [1.82, 2.24) is 5.32 Å². The molecule has 0 aromatic carbocycles. The first kappa shape index (κ1) is 14.0. The van der Waals surface area contributed by atoms with Crippen molar-refractivity contribution < 1.29 is 14.7 Å². The van der Waals surface area contributed by atoms with Gasteiger partial charge < -0.3 is 16.2 Å². The van der Waals surface area contributed by atoms with Crippen LogP contribution in [0.1, 0.15) is 39.4 Å². The summed E-state index contributed by atoms with van der Waals surface area (Å²) in [7, 11) is 0. The van der Waals surface area contributed by atoms with Crippen LogP contribution in [0.15, 0.2) is 6.07 Å². The highest BCUT2D eigenvalue weighted by molar-refractivity contribution is 7.14. The Kier molecular flexibility index (Phi) is 4.55. The molecule has 1 aliphatic carbocycles. The van der Waals surface area contributed by atoms with E-state index in [0.717, 1.165) is 12.8 Å². The summed E-state index contributed by atoms with van der Waals surface area (Å²) in [5, 5.41) is 11.8. The highest BCUT2D eigenvalue weighted by atomic mass is 32.1. The number of rotatable bonds is 4. The number of thiophene rings is 1. The maximum atomic E-state index is 11.9. The van der Waals surface area contributed by atoms with E-state index in [9.17, 15) is 14.7 Å². The molecule has 0 saturated carbocycles. The van der Waals surface area contributed by atoms with Crippen LogP contribution in [-0.2, 0) is 17.6 Å². The highest BCUT2D eigenvalue weighted by Gasteiger charge is 2.18. The molecule has 0 saturated heterocycles. The third-order valence-corrected chi connectivity index (χ3v) is 4.49. The lowest BCUT2D eigenvalue weighted by atomic mass is 10.1. The number of fused-ring (bicyclic) bond motifs is 1. The lowest BCUT2D eigenvalue weighted by molar-refractivity contribution is -0.125. The number of hydrogen-bond donors (Lipinski definition) is 3. The smallest absolute Gasteiger partial charge is 0.261 e. The minimum Gasteiger partial charge on any atom is -0.381 e. The lowest BCUT2D eigenvalue weighted by Gasteiger charge is -2.07. The fourth-order valence-electron chi connectivity index (χ4n) is 2.16. The van der Waals surface area contributed by atoms with Gasteiger partial charge in [-0.25, -0.2) is 0 Å². The van der Waals surface area contributed by atoms with Gasteiger partial charge in [0.15, 0.2) is 0 Å². The molecule has 19 heavy (non-hydrogen) atoms. The predicted octanol–water partition coefficient (Wildman–Crippen LogP) is 0.593. The van der Waals surface area contributed by atoms with Crippen molar-refractivity contribution >= 4 is 23.2 Å². The zero-order chi connectivity index (χ0) is 13.8. The van der Waals surface area contributed by atoms with Crippen LogP contribution in [0.2, 0.25) is 0 Å². The SMILES string of the molecule is NC(=O)C(O)CNC(=O)c1cc2c(s1)CCCCC2. The quantitative estimate of drug-likeness (QED) is 0.706. The maximum Gasteiger partial charge on any atom is 0.261 e. The number of primary amides is 1. The fourth-order valence-corrected chi connectivity index (χ4v) is 3.33. The molecule has 1 aliphatic rings. The topological polar surface area (TPSA) is 92.4 Å². The molecule has 4 N–H and O–H groups in total. The number of amides is 2. The third kappa shape index (κ3) is 3.54. The van der Waals surface area contributed by atoms with Crippen LogP contribution in [0.3, 0.4) is 0 Å². The summed E-state index contributed by atoms with van der Waals surface area (Å²) in [6.45, 7) is -0.142. The van der Waals surface area contributed by atoms with Crippen molar-refractivity contribution in [1.29, 1.82) is 0 Å². The van der Waals surface area contributed by atoms with E-state index in [4.69, 9.17) is 5.73 Å². The number of aryl methyl sites for hydroxylation is 2. The molecular formula is C13H18N2O3S. The van der Waals surface area contributed by atoms with E-state index in [1.54, 1.807) is 0 Å². The van der Waals surface area contributed by atoms with Crippen molar-refractivity contribution in [3.8, 4) is 0 Å². The summed E-state index contributed by atoms with van der Waals surface area (Å²) in [5.74, 6) is -1.08. The van der Waals surface area contributed by atoms with Crippen LogP contribution < -0.4 is 11.1 Å². The monoisotopic (exact) mass is 282 g/mol. The minimum atomic E-state index is -1.33.